The van der Waals surface area contributed by atoms with Crippen LogP contribution < -0.4 is 0 Å². The number of hydrogen-bond donors (Lipinski definition) is 0. The standard InChI is InChI=1S/C11H12Cl2O/c1-7(5-8(2)14)10-4-3-9(12)6-11(10)13/h3-4,6-7H,5H2,1-2H3. The normalized spacial score (nSPS) is 12.6. The predicted octanol–water partition coefficient (Wildman–Crippen LogP) is 4.08. The van der Waals surface area contributed by atoms with Crippen LogP contribution in [0.1, 0.15) is 31.7 Å². The Hall–Kier alpha value is -0.530. The number of carbonyl (C=O) groups excluding carboxylic acids is 1. The third-order valence-electron chi connectivity index (χ3n) is 2.09. The lowest BCUT2D eigenvalue weighted by atomic mass is 9.96. The summed E-state index contributed by atoms with van der Waals surface area (Å²) in [5.74, 6) is 0.320. The lowest BCUT2D eigenvalue weighted by Crippen LogP contribution is -2.00. The van der Waals surface area contributed by atoms with Crippen molar-refractivity contribution in [2.75, 3.05) is 0 Å². The highest BCUT2D eigenvalue weighted by Crippen LogP contribution is 2.29. The molecule has 0 bridgehead atoms. The minimum Gasteiger partial charge on any atom is -0.300 e. The Labute approximate surface area is 94.0 Å². The van der Waals surface area contributed by atoms with E-state index in [1.807, 2.05) is 13.0 Å². The maximum absolute atomic E-state index is 10.9. The van der Waals surface area contributed by atoms with Crippen LogP contribution in [0.15, 0.2) is 18.2 Å². The minimum absolute atomic E-state index is 0.150. The SMILES string of the molecule is CC(=O)CC(C)c1ccc(Cl)cc1Cl. The molecule has 1 atom stereocenters. The predicted molar refractivity (Wildman–Crippen MR) is 60.2 cm³/mol. The quantitative estimate of drug-likeness (QED) is 0.766. The molecular formula is C11H12Cl2O. The molecule has 1 unspecified atom stereocenters. The molecule has 1 aromatic rings. The van der Waals surface area contributed by atoms with E-state index in [1.165, 1.54) is 0 Å². The number of ketones is 1. The maximum atomic E-state index is 10.9. The number of halogens is 2. The first kappa shape index (κ1) is 11.5. The number of benzene rings is 1. The van der Waals surface area contributed by atoms with E-state index in [1.54, 1.807) is 19.1 Å². The van der Waals surface area contributed by atoms with Crippen LogP contribution in [0.3, 0.4) is 0 Å². The molecule has 0 radical (unpaired) electrons. The molecule has 1 aromatic carbocycles. The molecule has 0 fully saturated rings. The van der Waals surface area contributed by atoms with Crippen molar-refractivity contribution in [3.8, 4) is 0 Å². The van der Waals surface area contributed by atoms with Crippen LogP contribution in [0.2, 0.25) is 10.0 Å². The first-order valence-electron chi connectivity index (χ1n) is 4.45. The van der Waals surface area contributed by atoms with E-state index in [0.29, 0.717) is 16.5 Å². The van der Waals surface area contributed by atoms with E-state index in [0.717, 1.165) is 5.56 Å². The third-order valence-corrected chi connectivity index (χ3v) is 2.65. The second-order valence-electron chi connectivity index (χ2n) is 3.47. The van der Waals surface area contributed by atoms with E-state index >= 15 is 0 Å². The van der Waals surface area contributed by atoms with Gasteiger partial charge in [0.25, 0.3) is 0 Å². The van der Waals surface area contributed by atoms with Crippen LogP contribution in [0.4, 0.5) is 0 Å². The smallest absolute Gasteiger partial charge is 0.130 e. The first-order valence-corrected chi connectivity index (χ1v) is 5.20. The molecule has 14 heavy (non-hydrogen) atoms. The zero-order chi connectivity index (χ0) is 10.7. The molecule has 0 aliphatic carbocycles. The van der Waals surface area contributed by atoms with Crippen LogP contribution >= 0.6 is 23.2 Å². The Morgan fingerprint density at radius 1 is 1.43 bits per heavy atom. The summed E-state index contributed by atoms with van der Waals surface area (Å²) < 4.78 is 0. The summed E-state index contributed by atoms with van der Waals surface area (Å²) in [6.45, 7) is 3.57. The van der Waals surface area contributed by atoms with Crippen molar-refractivity contribution in [3.63, 3.8) is 0 Å². The van der Waals surface area contributed by atoms with Crippen LogP contribution in [-0.2, 0) is 4.79 Å². The number of hydrogen-bond acceptors (Lipinski definition) is 1. The van der Waals surface area contributed by atoms with Crippen molar-refractivity contribution in [3.05, 3.63) is 33.8 Å². The molecule has 0 spiro atoms. The van der Waals surface area contributed by atoms with Gasteiger partial charge in [-0.1, -0.05) is 36.2 Å². The van der Waals surface area contributed by atoms with Crippen molar-refractivity contribution in [1.29, 1.82) is 0 Å². The fourth-order valence-corrected chi connectivity index (χ4v) is 2.04. The van der Waals surface area contributed by atoms with Gasteiger partial charge in [-0.2, -0.15) is 0 Å². The van der Waals surface area contributed by atoms with E-state index in [4.69, 9.17) is 23.2 Å². The summed E-state index contributed by atoms with van der Waals surface area (Å²) in [6, 6.07) is 5.37. The molecule has 0 saturated carbocycles. The molecule has 0 amide bonds. The highest BCUT2D eigenvalue weighted by Gasteiger charge is 2.11. The number of rotatable bonds is 3. The summed E-state index contributed by atoms with van der Waals surface area (Å²) in [5, 5.41) is 1.25. The first-order chi connectivity index (χ1) is 6.50. The fraction of sp³-hybridized carbons (Fsp3) is 0.364. The topological polar surface area (TPSA) is 17.1 Å². The Morgan fingerprint density at radius 3 is 2.57 bits per heavy atom. The number of Topliss-reactive ketones (excluding diaryl/α,β-unsaturated/α-hetero) is 1. The van der Waals surface area contributed by atoms with Gasteiger partial charge < -0.3 is 4.79 Å². The Balaban J connectivity index is 2.90. The zero-order valence-corrected chi connectivity index (χ0v) is 9.69. The van der Waals surface area contributed by atoms with Crippen LogP contribution in [-0.4, -0.2) is 5.78 Å². The Bertz CT molecular complexity index is 347. The molecule has 1 rings (SSSR count). The van der Waals surface area contributed by atoms with Gasteiger partial charge in [0.05, 0.1) is 0 Å². The van der Waals surface area contributed by atoms with E-state index in [9.17, 15) is 4.79 Å². The molecule has 0 saturated heterocycles. The molecule has 76 valence electrons. The molecule has 0 aliphatic rings. The summed E-state index contributed by atoms with van der Waals surface area (Å²) in [7, 11) is 0. The van der Waals surface area contributed by atoms with Crippen molar-refractivity contribution < 1.29 is 4.79 Å². The van der Waals surface area contributed by atoms with Crippen molar-refractivity contribution >= 4 is 29.0 Å². The highest BCUT2D eigenvalue weighted by atomic mass is 35.5. The molecule has 0 aliphatic heterocycles. The van der Waals surface area contributed by atoms with E-state index in [-0.39, 0.29) is 11.7 Å². The van der Waals surface area contributed by atoms with Crippen molar-refractivity contribution in [2.45, 2.75) is 26.2 Å². The lowest BCUT2D eigenvalue weighted by Gasteiger charge is -2.11. The maximum Gasteiger partial charge on any atom is 0.130 e. The average molecular weight is 231 g/mol. The van der Waals surface area contributed by atoms with E-state index < -0.39 is 0 Å². The monoisotopic (exact) mass is 230 g/mol. The van der Waals surface area contributed by atoms with Crippen LogP contribution in [0.25, 0.3) is 0 Å². The van der Waals surface area contributed by atoms with Crippen LogP contribution in [0.5, 0.6) is 0 Å². The van der Waals surface area contributed by atoms with Gasteiger partial charge in [-0.15, -0.1) is 0 Å². The van der Waals surface area contributed by atoms with Gasteiger partial charge in [-0.3, -0.25) is 0 Å². The van der Waals surface area contributed by atoms with Crippen molar-refractivity contribution in [1.82, 2.24) is 0 Å². The Kier molecular flexibility index (Phi) is 3.97. The summed E-state index contributed by atoms with van der Waals surface area (Å²) in [5.41, 5.74) is 0.978. The van der Waals surface area contributed by atoms with Gasteiger partial charge in [0.15, 0.2) is 0 Å². The summed E-state index contributed by atoms with van der Waals surface area (Å²) in [4.78, 5) is 10.9. The molecule has 0 heterocycles. The fourth-order valence-electron chi connectivity index (χ4n) is 1.44. The summed E-state index contributed by atoms with van der Waals surface area (Å²) in [6.07, 6.45) is 0.515. The van der Waals surface area contributed by atoms with Gasteiger partial charge in [-0.25, -0.2) is 0 Å². The van der Waals surface area contributed by atoms with Gasteiger partial charge in [0, 0.05) is 16.5 Å². The van der Waals surface area contributed by atoms with Crippen molar-refractivity contribution in [2.24, 2.45) is 0 Å². The van der Waals surface area contributed by atoms with Crippen LogP contribution in [0, 0.1) is 0 Å². The highest BCUT2D eigenvalue weighted by molar-refractivity contribution is 6.35. The molecule has 0 aromatic heterocycles. The molecule has 1 nitrogen and oxygen atoms in total. The largest absolute Gasteiger partial charge is 0.300 e. The molecule has 0 N–H and O–H groups in total. The lowest BCUT2D eigenvalue weighted by molar-refractivity contribution is -0.117. The number of carbonyl (C=O) groups is 1. The third kappa shape index (κ3) is 3.00. The summed E-state index contributed by atoms with van der Waals surface area (Å²) >= 11 is 11.8. The second kappa shape index (κ2) is 4.81. The second-order valence-corrected chi connectivity index (χ2v) is 4.32. The van der Waals surface area contributed by atoms with Gasteiger partial charge in [0.1, 0.15) is 5.78 Å². The van der Waals surface area contributed by atoms with Gasteiger partial charge in [0.2, 0.25) is 0 Å². The van der Waals surface area contributed by atoms with Gasteiger partial charge in [-0.05, 0) is 30.5 Å². The Morgan fingerprint density at radius 2 is 2.07 bits per heavy atom. The molecule has 3 heteroatoms. The van der Waals surface area contributed by atoms with Gasteiger partial charge >= 0.3 is 0 Å². The van der Waals surface area contributed by atoms with E-state index in [2.05, 4.69) is 0 Å². The average Bonchev–Trinajstić information content (AvgIpc) is 2.01. The molecular weight excluding hydrogens is 219 g/mol. The minimum atomic E-state index is 0.150. The zero-order valence-electron chi connectivity index (χ0n) is 8.18.